The van der Waals surface area contributed by atoms with Crippen LogP contribution in [0.4, 0.5) is 0 Å². The predicted molar refractivity (Wildman–Crippen MR) is 80.0 cm³/mol. The van der Waals surface area contributed by atoms with Crippen LogP contribution in [0.15, 0.2) is 11.4 Å². The summed E-state index contributed by atoms with van der Waals surface area (Å²) in [7, 11) is 0. The van der Waals surface area contributed by atoms with Gasteiger partial charge in [-0.05, 0) is 63.1 Å². The number of rotatable bonds is 3. The maximum Gasteiger partial charge on any atom is 0.0595 e. The molecule has 102 valence electrons. The van der Waals surface area contributed by atoms with Crippen molar-refractivity contribution in [2.75, 3.05) is 6.54 Å². The van der Waals surface area contributed by atoms with Crippen LogP contribution in [-0.2, 0) is 0 Å². The molecule has 18 heavy (non-hydrogen) atoms. The molecular weight excluding hydrogens is 240 g/mol. The summed E-state index contributed by atoms with van der Waals surface area (Å²) in [5, 5.41) is 2.19. The third kappa shape index (κ3) is 2.79. The Kier molecular flexibility index (Phi) is 4.46. The fraction of sp³-hybridized carbons (Fsp3) is 0.733. The van der Waals surface area contributed by atoms with Crippen LogP contribution in [0.3, 0.4) is 0 Å². The molecule has 1 aromatic rings. The average molecular weight is 266 g/mol. The zero-order chi connectivity index (χ0) is 13.3. The number of likely N-dealkylation sites (tertiary alicyclic amines) is 1. The number of thiophene rings is 1. The molecular formula is C15H26N2S. The van der Waals surface area contributed by atoms with Crippen molar-refractivity contribution >= 4 is 11.3 Å². The van der Waals surface area contributed by atoms with Gasteiger partial charge < -0.3 is 5.73 Å². The van der Waals surface area contributed by atoms with Gasteiger partial charge in [-0.2, -0.15) is 0 Å². The topological polar surface area (TPSA) is 29.3 Å². The van der Waals surface area contributed by atoms with E-state index in [4.69, 9.17) is 5.73 Å². The second-order valence-electron chi connectivity index (χ2n) is 5.99. The molecule has 0 aliphatic carbocycles. The Morgan fingerprint density at radius 3 is 2.67 bits per heavy atom. The van der Waals surface area contributed by atoms with Gasteiger partial charge in [-0.25, -0.2) is 0 Å². The van der Waals surface area contributed by atoms with E-state index in [1.54, 1.807) is 0 Å². The minimum absolute atomic E-state index is 0.193. The van der Waals surface area contributed by atoms with Gasteiger partial charge in [-0.3, -0.25) is 4.90 Å². The molecule has 0 saturated carbocycles. The summed E-state index contributed by atoms with van der Waals surface area (Å²) < 4.78 is 0. The lowest BCUT2D eigenvalue weighted by Crippen LogP contribution is -2.47. The SMILES string of the molecule is Cc1ccsc1C(C(C)N)N1CCC(C)CC1C. The van der Waals surface area contributed by atoms with Gasteiger partial charge in [0.1, 0.15) is 0 Å². The number of nitrogens with two attached hydrogens (primary N) is 1. The summed E-state index contributed by atoms with van der Waals surface area (Å²) in [5.74, 6) is 0.856. The van der Waals surface area contributed by atoms with Crippen LogP contribution in [0.2, 0.25) is 0 Å². The minimum atomic E-state index is 0.193. The largest absolute Gasteiger partial charge is 0.326 e. The number of hydrogen-bond donors (Lipinski definition) is 1. The molecule has 4 atom stereocenters. The van der Waals surface area contributed by atoms with Gasteiger partial charge in [0.05, 0.1) is 6.04 Å². The highest BCUT2D eigenvalue weighted by Crippen LogP contribution is 2.36. The normalized spacial score (nSPS) is 29.2. The van der Waals surface area contributed by atoms with Crippen LogP contribution in [0, 0.1) is 12.8 Å². The monoisotopic (exact) mass is 266 g/mol. The van der Waals surface area contributed by atoms with Crippen molar-refractivity contribution in [2.45, 2.75) is 58.7 Å². The van der Waals surface area contributed by atoms with E-state index in [0.717, 1.165) is 5.92 Å². The van der Waals surface area contributed by atoms with Gasteiger partial charge in [0.25, 0.3) is 0 Å². The Morgan fingerprint density at radius 1 is 1.44 bits per heavy atom. The second kappa shape index (κ2) is 5.72. The molecule has 2 N–H and O–H groups in total. The smallest absolute Gasteiger partial charge is 0.0595 e. The van der Waals surface area contributed by atoms with E-state index >= 15 is 0 Å². The van der Waals surface area contributed by atoms with Crippen molar-refractivity contribution in [3.05, 3.63) is 21.9 Å². The second-order valence-corrected chi connectivity index (χ2v) is 6.94. The van der Waals surface area contributed by atoms with Gasteiger partial charge in [-0.1, -0.05) is 6.92 Å². The summed E-state index contributed by atoms with van der Waals surface area (Å²) in [6.45, 7) is 10.3. The third-order valence-corrected chi connectivity index (χ3v) is 5.30. The van der Waals surface area contributed by atoms with Gasteiger partial charge in [0.15, 0.2) is 0 Å². The molecule has 0 bridgehead atoms. The summed E-state index contributed by atoms with van der Waals surface area (Å²) >= 11 is 1.86. The lowest BCUT2D eigenvalue weighted by atomic mass is 9.90. The number of nitrogens with zero attached hydrogens (tertiary/aromatic N) is 1. The van der Waals surface area contributed by atoms with Crippen LogP contribution >= 0.6 is 11.3 Å². The van der Waals surface area contributed by atoms with Gasteiger partial charge in [-0.15, -0.1) is 11.3 Å². The Balaban J connectivity index is 2.23. The van der Waals surface area contributed by atoms with Crippen molar-refractivity contribution in [2.24, 2.45) is 11.7 Å². The van der Waals surface area contributed by atoms with Gasteiger partial charge in [0, 0.05) is 17.0 Å². The molecule has 2 rings (SSSR count). The molecule has 0 spiro atoms. The minimum Gasteiger partial charge on any atom is -0.326 e. The highest BCUT2D eigenvalue weighted by atomic mass is 32.1. The quantitative estimate of drug-likeness (QED) is 0.906. The molecule has 0 aromatic carbocycles. The molecule has 2 nitrogen and oxygen atoms in total. The third-order valence-electron chi connectivity index (χ3n) is 4.22. The van der Waals surface area contributed by atoms with Crippen molar-refractivity contribution < 1.29 is 0 Å². The van der Waals surface area contributed by atoms with Crippen molar-refractivity contribution in [1.82, 2.24) is 4.90 Å². The van der Waals surface area contributed by atoms with Crippen molar-refractivity contribution in [3.8, 4) is 0 Å². The summed E-state index contributed by atoms with van der Waals surface area (Å²) in [5.41, 5.74) is 7.69. The van der Waals surface area contributed by atoms with Crippen LogP contribution in [-0.4, -0.2) is 23.5 Å². The molecule has 0 amide bonds. The first-order chi connectivity index (χ1) is 8.50. The van der Waals surface area contributed by atoms with Gasteiger partial charge >= 0.3 is 0 Å². The first kappa shape index (κ1) is 14.0. The van der Waals surface area contributed by atoms with Gasteiger partial charge in [0.2, 0.25) is 0 Å². The molecule has 1 saturated heterocycles. The summed E-state index contributed by atoms with van der Waals surface area (Å²) in [6, 6.07) is 3.45. The Morgan fingerprint density at radius 2 is 2.17 bits per heavy atom. The molecule has 1 aliphatic heterocycles. The zero-order valence-corrected chi connectivity index (χ0v) is 12.8. The molecule has 1 fully saturated rings. The van der Waals surface area contributed by atoms with Crippen LogP contribution in [0.25, 0.3) is 0 Å². The first-order valence-corrected chi connectivity index (χ1v) is 7.94. The zero-order valence-electron chi connectivity index (χ0n) is 12.0. The first-order valence-electron chi connectivity index (χ1n) is 7.06. The lowest BCUT2D eigenvalue weighted by molar-refractivity contribution is 0.0722. The fourth-order valence-corrected chi connectivity index (χ4v) is 4.38. The average Bonchev–Trinajstić information content (AvgIpc) is 2.68. The highest BCUT2D eigenvalue weighted by Gasteiger charge is 2.33. The van der Waals surface area contributed by atoms with Crippen molar-refractivity contribution in [3.63, 3.8) is 0 Å². The van der Waals surface area contributed by atoms with E-state index in [1.165, 1.54) is 29.8 Å². The Bertz CT molecular complexity index is 386. The highest BCUT2D eigenvalue weighted by molar-refractivity contribution is 7.10. The fourth-order valence-electron chi connectivity index (χ4n) is 3.22. The number of hydrogen-bond acceptors (Lipinski definition) is 3. The maximum atomic E-state index is 6.29. The summed E-state index contributed by atoms with van der Waals surface area (Å²) in [4.78, 5) is 4.09. The number of aryl methyl sites for hydroxylation is 1. The molecule has 3 heteroatoms. The standard InChI is InChI=1S/C15H26N2S/c1-10-5-7-17(12(3)9-10)14(13(4)16)15-11(2)6-8-18-15/h6,8,10,12-14H,5,7,9,16H2,1-4H3. The number of piperidine rings is 1. The van der Waals surface area contributed by atoms with E-state index < -0.39 is 0 Å². The molecule has 0 radical (unpaired) electrons. The molecule has 4 unspecified atom stereocenters. The van der Waals surface area contributed by atoms with E-state index in [1.807, 2.05) is 11.3 Å². The van der Waals surface area contributed by atoms with Crippen molar-refractivity contribution in [1.29, 1.82) is 0 Å². The maximum absolute atomic E-state index is 6.29. The molecule has 1 aromatic heterocycles. The van der Waals surface area contributed by atoms with E-state index in [0.29, 0.717) is 12.1 Å². The van der Waals surface area contributed by atoms with Crippen LogP contribution in [0.5, 0.6) is 0 Å². The Hall–Kier alpha value is -0.380. The lowest BCUT2D eigenvalue weighted by Gasteiger charge is -2.43. The predicted octanol–water partition coefficient (Wildman–Crippen LogP) is 3.57. The molecule has 1 aliphatic rings. The van der Waals surface area contributed by atoms with Crippen LogP contribution < -0.4 is 5.73 Å². The summed E-state index contributed by atoms with van der Waals surface area (Å²) in [6.07, 6.45) is 2.60. The van der Waals surface area contributed by atoms with E-state index in [9.17, 15) is 0 Å². The Labute approximate surface area is 115 Å². The van der Waals surface area contributed by atoms with E-state index in [2.05, 4.69) is 44.0 Å². The molecule has 2 heterocycles. The van der Waals surface area contributed by atoms with Crippen LogP contribution in [0.1, 0.15) is 50.1 Å². The van der Waals surface area contributed by atoms with E-state index in [-0.39, 0.29) is 6.04 Å².